The van der Waals surface area contributed by atoms with Gasteiger partial charge in [-0.3, -0.25) is 0 Å². The molecule has 1 heterocycles. The smallest absolute Gasteiger partial charge is 0.121 e. The second kappa shape index (κ2) is 4.49. The Morgan fingerprint density at radius 1 is 1.29 bits per heavy atom. The molecule has 1 aromatic rings. The molecule has 2 aliphatic rings. The van der Waals surface area contributed by atoms with Gasteiger partial charge in [-0.25, -0.2) is 0 Å². The minimum atomic E-state index is 0.460. The van der Waals surface area contributed by atoms with E-state index >= 15 is 0 Å². The van der Waals surface area contributed by atoms with Gasteiger partial charge in [0.15, 0.2) is 0 Å². The van der Waals surface area contributed by atoms with Gasteiger partial charge in [0, 0.05) is 0 Å². The first-order valence-corrected chi connectivity index (χ1v) is 7.11. The summed E-state index contributed by atoms with van der Waals surface area (Å²) in [6, 6.07) is 4.71. The third kappa shape index (κ3) is 2.03. The average Bonchev–Trinajstić information content (AvgIpc) is 2.90. The second-order valence-corrected chi connectivity index (χ2v) is 5.67. The van der Waals surface area contributed by atoms with Crippen LogP contribution < -0.4 is 5.32 Å². The maximum absolute atomic E-state index is 5.84. The van der Waals surface area contributed by atoms with Crippen molar-refractivity contribution >= 4 is 0 Å². The second-order valence-electron chi connectivity index (χ2n) is 5.67. The van der Waals surface area contributed by atoms with Crippen LogP contribution in [0, 0.1) is 24.7 Å². The van der Waals surface area contributed by atoms with E-state index in [2.05, 4.69) is 24.4 Å². The summed E-state index contributed by atoms with van der Waals surface area (Å²) in [5.41, 5.74) is 0. The fraction of sp³-hybridized carbons (Fsp3) is 0.733. The van der Waals surface area contributed by atoms with Gasteiger partial charge in [0.05, 0.1) is 6.04 Å². The zero-order valence-electron chi connectivity index (χ0n) is 10.9. The molecule has 3 atom stereocenters. The monoisotopic (exact) mass is 233 g/mol. The number of furan rings is 1. The lowest BCUT2D eigenvalue weighted by Gasteiger charge is -2.15. The van der Waals surface area contributed by atoms with E-state index in [9.17, 15) is 0 Å². The molecular formula is C15H23NO. The van der Waals surface area contributed by atoms with Crippen molar-refractivity contribution in [2.45, 2.75) is 45.6 Å². The van der Waals surface area contributed by atoms with Gasteiger partial charge >= 0.3 is 0 Å². The Hall–Kier alpha value is -0.760. The van der Waals surface area contributed by atoms with Gasteiger partial charge in [-0.05, 0) is 56.2 Å². The lowest BCUT2D eigenvalue weighted by atomic mass is 10.0. The summed E-state index contributed by atoms with van der Waals surface area (Å²) in [5.74, 6) is 4.97. The predicted octanol–water partition coefficient (Wildman–Crippen LogP) is 3.67. The molecule has 17 heavy (non-hydrogen) atoms. The van der Waals surface area contributed by atoms with E-state index in [1.165, 1.54) is 25.7 Å². The first-order chi connectivity index (χ1) is 8.31. The van der Waals surface area contributed by atoms with E-state index in [1.54, 1.807) is 0 Å². The van der Waals surface area contributed by atoms with E-state index in [0.717, 1.165) is 35.8 Å². The Balaban J connectivity index is 1.76. The van der Waals surface area contributed by atoms with E-state index in [-0.39, 0.29) is 0 Å². The van der Waals surface area contributed by atoms with Crippen LogP contribution in [0.3, 0.4) is 0 Å². The van der Waals surface area contributed by atoms with Crippen LogP contribution in [-0.2, 0) is 0 Å². The van der Waals surface area contributed by atoms with Crippen molar-refractivity contribution in [1.82, 2.24) is 5.32 Å². The highest BCUT2D eigenvalue weighted by Gasteiger charge is 2.54. The van der Waals surface area contributed by atoms with Crippen LogP contribution in [0.15, 0.2) is 16.5 Å². The molecule has 2 aliphatic carbocycles. The van der Waals surface area contributed by atoms with Crippen LogP contribution in [0.1, 0.15) is 50.2 Å². The zero-order chi connectivity index (χ0) is 11.8. The van der Waals surface area contributed by atoms with Gasteiger partial charge in [-0.1, -0.05) is 19.8 Å². The number of hydrogen-bond acceptors (Lipinski definition) is 2. The molecule has 0 aromatic carbocycles. The van der Waals surface area contributed by atoms with Crippen molar-refractivity contribution in [3.63, 3.8) is 0 Å². The maximum atomic E-state index is 5.84. The van der Waals surface area contributed by atoms with Gasteiger partial charge in [0.1, 0.15) is 11.5 Å². The lowest BCUT2D eigenvalue weighted by molar-refractivity contribution is 0.361. The Labute approximate surface area is 104 Å². The third-order valence-electron chi connectivity index (χ3n) is 4.60. The number of hydrogen-bond donors (Lipinski definition) is 1. The molecule has 2 heteroatoms. The Kier molecular flexibility index (Phi) is 2.99. The molecule has 0 aliphatic heterocycles. The van der Waals surface area contributed by atoms with E-state index in [0.29, 0.717) is 6.04 Å². The molecule has 2 fully saturated rings. The standard InChI is InChI=1S/C15H23NO/c1-3-16-15(13-9-8-10(2)17-13)14-11-6-4-5-7-12(11)14/h8-9,11-12,14-16H,3-7H2,1-2H3. The summed E-state index contributed by atoms with van der Waals surface area (Å²) in [4.78, 5) is 0. The van der Waals surface area contributed by atoms with Crippen LogP contribution in [0.4, 0.5) is 0 Å². The summed E-state index contributed by atoms with van der Waals surface area (Å²) in [5, 5.41) is 3.64. The average molecular weight is 233 g/mol. The molecule has 2 saturated carbocycles. The predicted molar refractivity (Wildman–Crippen MR) is 68.8 cm³/mol. The normalized spacial score (nSPS) is 33.2. The fourth-order valence-corrected chi connectivity index (χ4v) is 3.81. The van der Waals surface area contributed by atoms with Gasteiger partial charge in [0.25, 0.3) is 0 Å². The lowest BCUT2D eigenvalue weighted by Crippen LogP contribution is -2.23. The number of fused-ring (bicyclic) bond motifs is 1. The van der Waals surface area contributed by atoms with E-state index in [4.69, 9.17) is 4.42 Å². The third-order valence-corrected chi connectivity index (χ3v) is 4.60. The molecule has 94 valence electrons. The summed E-state index contributed by atoms with van der Waals surface area (Å²) in [7, 11) is 0. The van der Waals surface area contributed by atoms with Crippen molar-refractivity contribution in [1.29, 1.82) is 0 Å². The van der Waals surface area contributed by atoms with Crippen LogP contribution >= 0.6 is 0 Å². The minimum Gasteiger partial charge on any atom is -0.465 e. The summed E-state index contributed by atoms with van der Waals surface area (Å²) < 4.78 is 5.84. The largest absolute Gasteiger partial charge is 0.465 e. The maximum Gasteiger partial charge on any atom is 0.121 e. The molecule has 0 amide bonds. The summed E-state index contributed by atoms with van der Waals surface area (Å²) in [6.45, 7) is 5.25. The van der Waals surface area contributed by atoms with E-state index < -0.39 is 0 Å². The van der Waals surface area contributed by atoms with Crippen LogP contribution in [-0.4, -0.2) is 6.54 Å². The quantitative estimate of drug-likeness (QED) is 0.858. The molecule has 0 bridgehead atoms. The van der Waals surface area contributed by atoms with Crippen LogP contribution in [0.2, 0.25) is 0 Å². The topological polar surface area (TPSA) is 25.2 Å². The molecule has 3 unspecified atom stereocenters. The van der Waals surface area contributed by atoms with Gasteiger partial charge in [-0.2, -0.15) is 0 Å². The highest BCUT2D eigenvalue weighted by Crippen LogP contribution is 2.60. The SMILES string of the molecule is CCNC(c1ccc(C)o1)C1C2CCCCC21. The van der Waals surface area contributed by atoms with Crippen LogP contribution in [0.5, 0.6) is 0 Å². The van der Waals surface area contributed by atoms with Gasteiger partial charge in [0.2, 0.25) is 0 Å². The zero-order valence-corrected chi connectivity index (χ0v) is 10.9. The first kappa shape index (κ1) is 11.3. The molecule has 0 radical (unpaired) electrons. The van der Waals surface area contributed by atoms with Crippen molar-refractivity contribution in [2.75, 3.05) is 6.54 Å². The van der Waals surface area contributed by atoms with E-state index in [1.807, 2.05) is 6.92 Å². The molecular weight excluding hydrogens is 210 g/mol. The molecule has 2 nitrogen and oxygen atoms in total. The molecule has 1 N–H and O–H groups in total. The van der Waals surface area contributed by atoms with Gasteiger partial charge < -0.3 is 9.73 Å². The molecule has 0 saturated heterocycles. The Bertz CT molecular complexity index is 372. The van der Waals surface area contributed by atoms with Crippen molar-refractivity contribution in [3.05, 3.63) is 23.7 Å². The van der Waals surface area contributed by atoms with Crippen LogP contribution in [0.25, 0.3) is 0 Å². The van der Waals surface area contributed by atoms with Crippen molar-refractivity contribution in [2.24, 2.45) is 17.8 Å². The van der Waals surface area contributed by atoms with Crippen molar-refractivity contribution < 1.29 is 4.42 Å². The Morgan fingerprint density at radius 2 is 2.00 bits per heavy atom. The van der Waals surface area contributed by atoms with Gasteiger partial charge in [-0.15, -0.1) is 0 Å². The molecule has 0 spiro atoms. The Morgan fingerprint density at radius 3 is 2.53 bits per heavy atom. The summed E-state index contributed by atoms with van der Waals surface area (Å²) >= 11 is 0. The molecule has 3 rings (SSSR count). The fourth-order valence-electron chi connectivity index (χ4n) is 3.81. The first-order valence-electron chi connectivity index (χ1n) is 7.11. The van der Waals surface area contributed by atoms with Crippen molar-refractivity contribution in [3.8, 4) is 0 Å². The molecule has 1 aromatic heterocycles. The highest BCUT2D eigenvalue weighted by atomic mass is 16.3. The number of nitrogens with one attached hydrogen (secondary N) is 1. The summed E-state index contributed by atoms with van der Waals surface area (Å²) in [6.07, 6.45) is 5.76. The number of aryl methyl sites for hydroxylation is 1. The highest BCUT2D eigenvalue weighted by molar-refractivity contribution is 5.16. The number of rotatable bonds is 4. The minimum absolute atomic E-state index is 0.460.